The number of nitrogens with two attached hydrogens (primary N) is 1. The van der Waals surface area contributed by atoms with Crippen LogP contribution in [-0.4, -0.2) is 28.5 Å². The second-order valence-electron chi connectivity index (χ2n) is 4.39. The molecule has 0 spiro atoms. The summed E-state index contributed by atoms with van der Waals surface area (Å²) in [5, 5.41) is 19.1. The highest BCUT2D eigenvalue weighted by Crippen LogP contribution is 2.19. The Kier molecular flexibility index (Phi) is 5.53. The molecule has 3 heteroatoms. The number of aliphatic hydroxyl groups is 2. The molecule has 0 saturated heterocycles. The van der Waals surface area contributed by atoms with Crippen molar-refractivity contribution in [1.82, 2.24) is 0 Å². The van der Waals surface area contributed by atoms with E-state index in [1.165, 1.54) is 0 Å². The van der Waals surface area contributed by atoms with Gasteiger partial charge in [-0.2, -0.15) is 0 Å². The predicted molar refractivity (Wildman–Crippen MR) is 54.4 cm³/mol. The van der Waals surface area contributed by atoms with Crippen molar-refractivity contribution in [2.75, 3.05) is 6.54 Å². The molecule has 13 heavy (non-hydrogen) atoms. The molecule has 0 bridgehead atoms. The highest BCUT2D eigenvalue weighted by Gasteiger charge is 2.28. The molecular weight excluding hydrogens is 166 g/mol. The molecule has 0 radical (unpaired) electrons. The molecule has 0 aliphatic rings. The predicted octanol–water partition coefficient (Wildman–Crippen LogP) is 0.883. The van der Waals surface area contributed by atoms with Gasteiger partial charge in [0.05, 0.1) is 11.7 Å². The van der Waals surface area contributed by atoms with Gasteiger partial charge in [0.25, 0.3) is 0 Å². The number of aliphatic hydroxyl groups excluding tert-OH is 1. The molecule has 0 aliphatic heterocycles. The van der Waals surface area contributed by atoms with Crippen LogP contribution in [0.3, 0.4) is 0 Å². The molecule has 0 saturated carbocycles. The quantitative estimate of drug-likeness (QED) is 0.581. The Morgan fingerprint density at radius 2 is 1.92 bits per heavy atom. The van der Waals surface area contributed by atoms with Crippen LogP contribution in [0.1, 0.15) is 40.0 Å². The lowest BCUT2D eigenvalue weighted by molar-refractivity contribution is -0.0634. The molecule has 0 amide bonds. The van der Waals surface area contributed by atoms with Crippen molar-refractivity contribution in [2.24, 2.45) is 11.7 Å². The van der Waals surface area contributed by atoms with E-state index in [2.05, 4.69) is 13.8 Å². The molecular formula is C10H23NO2. The molecule has 0 rings (SSSR count). The van der Waals surface area contributed by atoms with Crippen LogP contribution in [-0.2, 0) is 0 Å². The van der Waals surface area contributed by atoms with Crippen molar-refractivity contribution in [1.29, 1.82) is 0 Å². The van der Waals surface area contributed by atoms with Crippen LogP contribution in [0.5, 0.6) is 0 Å². The van der Waals surface area contributed by atoms with Crippen LogP contribution in [0.25, 0.3) is 0 Å². The maximum absolute atomic E-state index is 9.77. The van der Waals surface area contributed by atoms with E-state index >= 15 is 0 Å². The van der Waals surface area contributed by atoms with Gasteiger partial charge in [0.1, 0.15) is 0 Å². The van der Waals surface area contributed by atoms with Gasteiger partial charge in [-0.1, -0.05) is 26.7 Å². The SMILES string of the molecule is CC(C)CCCC(C)(O)C(O)CN. The monoisotopic (exact) mass is 189 g/mol. The molecule has 2 atom stereocenters. The molecule has 2 unspecified atom stereocenters. The summed E-state index contributed by atoms with van der Waals surface area (Å²) in [6, 6.07) is 0. The maximum atomic E-state index is 9.77. The maximum Gasteiger partial charge on any atom is 0.0946 e. The van der Waals surface area contributed by atoms with Crippen molar-refractivity contribution in [3.63, 3.8) is 0 Å². The zero-order valence-corrected chi connectivity index (χ0v) is 8.95. The standard InChI is InChI=1S/C10H23NO2/c1-8(2)5-4-6-10(3,13)9(12)7-11/h8-9,12-13H,4-7,11H2,1-3H3. The molecule has 0 aliphatic carbocycles. The number of rotatable bonds is 6. The normalized spacial score (nSPS) is 18.7. The average Bonchev–Trinajstić information content (AvgIpc) is 2.01. The smallest absolute Gasteiger partial charge is 0.0946 e. The van der Waals surface area contributed by atoms with Gasteiger partial charge in [0.2, 0.25) is 0 Å². The van der Waals surface area contributed by atoms with Gasteiger partial charge in [-0.15, -0.1) is 0 Å². The van der Waals surface area contributed by atoms with Gasteiger partial charge < -0.3 is 15.9 Å². The van der Waals surface area contributed by atoms with E-state index in [4.69, 9.17) is 5.73 Å². The second-order valence-corrected chi connectivity index (χ2v) is 4.39. The van der Waals surface area contributed by atoms with Crippen LogP contribution in [0.4, 0.5) is 0 Å². The van der Waals surface area contributed by atoms with Crippen LogP contribution in [0.15, 0.2) is 0 Å². The first-order valence-electron chi connectivity index (χ1n) is 5.00. The molecule has 0 aromatic heterocycles. The van der Waals surface area contributed by atoms with Crippen LogP contribution in [0.2, 0.25) is 0 Å². The third-order valence-electron chi connectivity index (χ3n) is 2.41. The largest absolute Gasteiger partial charge is 0.389 e. The minimum absolute atomic E-state index is 0.120. The van der Waals surface area contributed by atoms with Crippen molar-refractivity contribution >= 4 is 0 Å². The average molecular weight is 189 g/mol. The van der Waals surface area contributed by atoms with E-state index in [0.29, 0.717) is 12.3 Å². The van der Waals surface area contributed by atoms with Gasteiger partial charge >= 0.3 is 0 Å². The number of hydrogen-bond donors (Lipinski definition) is 3. The first-order chi connectivity index (χ1) is 5.90. The molecule has 0 aromatic carbocycles. The Morgan fingerprint density at radius 1 is 1.38 bits per heavy atom. The minimum atomic E-state index is -1.02. The van der Waals surface area contributed by atoms with E-state index in [0.717, 1.165) is 12.8 Å². The van der Waals surface area contributed by atoms with Gasteiger partial charge in [-0.25, -0.2) is 0 Å². The highest BCUT2D eigenvalue weighted by molar-refractivity contribution is 4.82. The molecule has 3 nitrogen and oxygen atoms in total. The van der Waals surface area contributed by atoms with Crippen LogP contribution < -0.4 is 5.73 Å². The van der Waals surface area contributed by atoms with Crippen LogP contribution >= 0.6 is 0 Å². The first kappa shape index (κ1) is 12.9. The molecule has 4 N–H and O–H groups in total. The van der Waals surface area contributed by atoms with E-state index < -0.39 is 11.7 Å². The molecule has 0 aromatic rings. The second kappa shape index (κ2) is 5.58. The van der Waals surface area contributed by atoms with E-state index in [9.17, 15) is 10.2 Å². The van der Waals surface area contributed by atoms with Crippen molar-refractivity contribution in [2.45, 2.75) is 51.7 Å². The Morgan fingerprint density at radius 3 is 2.31 bits per heavy atom. The van der Waals surface area contributed by atoms with Gasteiger partial charge in [-0.05, 0) is 19.3 Å². The molecule has 0 heterocycles. The summed E-state index contributed by atoms with van der Waals surface area (Å²) in [5.41, 5.74) is 4.26. The fraction of sp³-hybridized carbons (Fsp3) is 1.00. The van der Waals surface area contributed by atoms with Gasteiger partial charge in [0, 0.05) is 6.54 Å². The third kappa shape index (κ3) is 5.24. The van der Waals surface area contributed by atoms with E-state index in [1.54, 1.807) is 6.92 Å². The summed E-state index contributed by atoms with van der Waals surface area (Å²) >= 11 is 0. The van der Waals surface area contributed by atoms with Crippen molar-refractivity contribution in [3.8, 4) is 0 Å². The van der Waals surface area contributed by atoms with Crippen LogP contribution in [0, 0.1) is 5.92 Å². The Bertz CT molecular complexity index is 135. The van der Waals surface area contributed by atoms with Gasteiger partial charge in [-0.3, -0.25) is 0 Å². The van der Waals surface area contributed by atoms with Crippen molar-refractivity contribution < 1.29 is 10.2 Å². The number of hydrogen-bond acceptors (Lipinski definition) is 3. The van der Waals surface area contributed by atoms with Crippen molar-refractivity contribution in [3.05, 3.63) is 0 Å². The van der Waals surface area contributed by atoms with E-state index in [-0.39, 0.29) is 6.54 Å². The molecule has 80 valence electrons. The van der Waals surface area contributed by atoms with E-state index in [1.807, 2.05) is 0 Å². The zero-order valence-electron chi connectivity index (χ0n) is 8.95. The Labute approximate surface area is 81.0 Å². The fourth-order valence-electron chi connectivity index (χ4n) is 1.29. The lowest BCUT2D eigenvalue weighted by Crippen LogP contribution is -2.43. The summed E-state index contributed by atoms with van der Waals surface area (Å²) in [6.45, 7) is 6.06. The summed E-state index contributed by atoms with van der Waals surface area (Å²) in [7, 11) is 0. The first-order valence-corrected chi connectivity index (χ1v) is 5.00. The minimum Gasteiger partial charge on any atom is -0.389 e. The zero-order chi connectivity index (χ0) is 10.5. The molecule has 0 fully saturated rings. The lowest BCUT2D eigenvalue weighted by Gasteiger charge is -2.28. The summed E-state index contributed by atoms with van der Waals surface area (Å²) in [4.78, 5) is 0. The summed E-state index contributed by atoms with van der Waals surface area (Å²) < 4.78 is 0. The Balaban J connectivity index is 3.75. The van der Waals surface area contributed by atoms with Gasteiger partial charge in [0.15, 0.2) is 0 Å². The highest BCUT2D eigenvalue weighted by atomic mass is 16.3. The Hall–Kier alpha value is -0.120. The summed E-state index contributed by atoms with van der Waals surface area (Å²) in [5.74, 6) is 0.644. The fourth-order valence-corrected chi connectivity index (χ4v) is 1.29. The summed E-state index contributed by atoms with van der Waals surface area (Å²) in [6.07, 6.45) is 1.82. The lowest BCUT2D eigenvalue weighted by atomic mass is 9.91. The topological polar surface area (TPSA) is 66.5 Å². The third-order valence-corrected chi connectivity index (χ3v) is 2.41.